The van der Waals surface area contributed by atoms with Crippen LogP contribution in [0, 0.1) is 5.21 Å². The summed E-state index contributed by atoms with van der Waals surface area (Å²) in [5.74, 6) is -1.38. The fourth-order valence-corrected chi connectivity index (χ4v) is 3.25. The Kier molecular flexibility index (Phi) is 2.34. The van der Waals surface area contributed by atoms with Gasteiger partial charge in [-0.3, -0.25) is 9.52 Å². The van der Waals surface area contributed by atoms with Crippen molar-refractivity contribution in [3.63, 3.8) is 0 Å². The third-order valence-electron chi connectivity index (χ3n) is 3.51. The summed E-state index contributed by atoms with van der Waals surface area (Å²) in [6.45, 7) is -12.0. The molecule has 30 heavy (non-hydrogen) atoms. The van der Waals surface area contributed by atoms with E-state index in [1.54, 1.807) is 0 Å². The zero-order chi connectivity index (χ0) is 36.6. The summed E-state index contributed by atoms with van der Waals surface area (Å²) in [5, 5.41) is 11.7. The number of hydrogen-bond donors (Lipinski definition) is 1. The fraction of sp³-hybridized carbons (Fsp3) is 0.182. The first kappa shape index (κ1) is 8.69. The summed E-state index contributed by atoms with van der Waals surface area (Å²) in [6, 6.07) is -5.82. The lowest BCUT2D eigenvalue weighted by Gasteiger charge is -2.19. The van der Waals surface area contributed by atoms with Crippen LogP contribution in [0.15, 0.2) is 71.7 Å². The summed E-state index contributed by atoms with van der Waals surface area (Å²) < 4.78 is 164. The van der Waals surface area contributed by atoms with Crippen LogP contribution in [0.25, 0.3) is 0 Å². The Labute approximate surface area is 204 Å². The van der Waals surface area contributed by atoms with Crippen LogP contribution in [0.3, 0.4) is 0 Å². The number of sulfonamides is 1. The van der Waals surface area contributed by atoms with Crippen molar-refractivity contribution in [2.45, 2.75) is 30.9 Å². The molecule has 0 saturated carbocycles. The molecule has 0 aliphatic carbocycles. The zero-order valence-corrected chi connectivity index (χ0v) is 16.2. The second-order valence-electron chi connectivity index (χ2n) is 5.72. The molecule has 6 nitrogen and oxygen atoms in total. The number of carbonyl (C=O) groups is 1. The van der Waals surface area contributed by atoms with Crippen LogP contribution in [0.1, 0.15) is 65.3 Å². The second-order valence-corrected chi connectivity index (χ2v) is 7.78. The van der Waals surface area contributed by atoms with Crippen molar-refractivity contribution < 1.29 is 41.2 Å². The van der Waals surface area contributed by atoms with Gasteiger partial charge in [0.1, 0.15) is 2.74 Å². The van der Waals surface area contributed by atoms with E-state index < -0.39 is 122 Å². The smallest absolute Gasteiger partial charge is 0.261 e. The largest absolute Gasteiger partial charge is 0.619 e. The molecule has 0 bridgehead atoms. The number of nitrogens with one attached hydrogen (secondary N) is 1. The average molecular weight is 462 g/mol. The van der Waals surface area contributed by atoms with Gasteiger partial charge in [0.2, 0.25) is 0 Å². The van der Waals surface area contributed by atoms with Gasteiger partial charge in [-0.15, -0.1) is 0 Å². The van der Waals surface area contributed by atoms with E-state index in [1.807, 2.05) is 4.72 Å². The Bertz CT molecular complexity index is 1830. The molecule has 0 fully saturated rings. The van der Waals surface area contributed by atoms with Crippen LogP contribution in [-0.4, -0.2) is 14.2 Å². The number of ketones is 1. The third-order valence-corrected chi connectivity index (χ3v) is 4.97. The van der Waals surface area contributed by atoms with Gasteiger partial charge in [0, 0.05) is 40.6 Å². The van der Waals surface area contributed by atoms with Gasteiger partial charge in [-0.1, -0.05) is 44.2 Å². The van der Waals surface area contributed by atoms with Crippen molar-refractivity contribution >= 4 is 33.1 Å². The van der Waals surface area contributed by atoms with Gasteiger partial charge in [0.25, 0.3) is 10.0 Å². The van der Waals surface area contributed by atoms with Crippen molar-refractivity contribution in [2.75, 3.05) is 4.72 Å². The first-order valence-corrected chi connectivity index (χ1v) is 9.61. The topological polar surface area (TPSA) is 90.2 Å². The molecule has 156 valence electrons. The lowest BCUT2D eigenvalue weighted by atomic mass is 9.87. The van der Waals surface area contributed by atoms with E-state index in [2.05, 4.69) is 0 Å². The Morgan fingerprint density at radius 1 is 1.13 bits per heavy atom. The van der Waals surface area contributed by atoms with E-state index in [9.17, 15) is 18.4 Å². The lowest BCUT2D eigenvalue weighted by Crippen LogP contribution is -2.24. The van der Waals surface area contributed by atoms with Crippen LogP contribution < -0.4 is 9.45 Å². The van der Waals surface area contributed by atoms with Gasteiger partial charge in [-0.2, -0.15) is 4.73 Å². The molecule has 2 aromatic carbocycles. The molecular weight excluding hydrogens is 424 g/mol. The van der Waals surface area contributed by atoms with Crippen LogP contribution >= 0.6 is 11.6 Å². The highest BCUT2D eigenvalue weighted by atomic mass is 35.5. The molecule has 8 heteroatoms. The third kappa shape index (κ3) is 4.80. The van der Waals surface area contributed by atoms with Gasteiger partial charge in [0.05, 0.1) is 18.8 Å². The highest BCUT2D eigenvalue weighted by Crippen LogP contribution is 2.27. The van der Waals surface area contributed by atoms with Gasteiger partial charge < -0.3 is 5.21 Å². The molecular formula is C22H21ClN2O4S. The highest BCUT2D eigenvalue weighted by molar-refractivity contribution is 7.92. The molecule has 0 aliphatic heterocycles. The highest BCUT2D eigenvalue weighted by Gasteiger charge is 2.21. The summed E-state index contributed by atoms with van der Waals surface area (Å²) in [4.78, 5) is 12.0. The maximum absolute atomic E-state index is 13.6. The van der Waals surface area contributed by atoms with Crippen LogP contribution in [0.5, 0.6) is 0 Å². The molecule has 0 atom stereocenters. The van der Waals surface area contributed by atoms with Crippen LogP contribution in [-0.2, 0) is 15.4 Å². The molecule has 0 aliphatic rings. The van der Waals surface area contributed by atoms with E-state index in [0.717, 1.165) is 18.2 Å². The predicted octanol–water partition coefficient (Wildman–Crippen LogP) is 4.30. The van der Waals surface area contributed by atoms with Crippen molar-refractivity contribution in [1.29, 1.82) is 0 Å². The number of anilines is 1. The molecule has 0 radical (unpaired) electrons. The Morgan fingerprint density at radius 2 is 1.77 bits per heavy atom. The molecule has 0 spiro atoms. The Morgan fingerprint density at radius 3 is 2.37 bits per heavy atom. The molecule has 0 amide bonds. The van der Waals surface area contributed by atoms with E-state index in [4.69, 9.17) is 34.9 Å². The number of nitrogens with zero attached hydrogens (tertiary/aromatic N) is 1. The molecule has 1 N–H and O–H groups in total. The minimum absolute atomic E-state index is 0.217. The van der Waals surface area contributed by atoms with Crippen molar-refractivity contribution in [3.8, 4) is 0 Å². The maximum Gasteiger partial charge on any atom is 0.261 e. The van der Waals surface area contributed by atoms with Gasteiger partial charge in [0.15, 0.2) is 18.1 Å². The molecule has 3 aromatic rings. The van der Waals surface area contributed by atoms with Crippen molar-refractivity contribution in [1.82, 2.24) is 0 Å². The minimum Gasteiger partial charge on any atom is -0.619 e. The number of pyridine rings is 1. The molecule has 1 aromatic heterocycles. The quantitative estimate of drug-likeness (QED) is 0.348. The van der Waals surface area contributed by atoms with Gasteiger partial charge in [-0.25, -0.2) is 8.42 Å². The zero-order valence-electron chi connectivity index (χ0n) is 31.6. The Balaban J connectivity index is 2.35. The molecule has 0 unspecified atom stereocenters. The van der Waals surface area contributed by atoms with Gasteiger partial charge in [-0.05, 0) is 41.3 Å². The van der Waals surface area contributed by atoms with E-state index in [0.29, 0.717) is 0 Å². The van der Waals surface area contributed by atoms with Crippen molar-refractivity contribution in [3.05, 3.63) is 93.7 Å². The summed E-state index contributed by atoms with van der Waals surface area (Å²) in [6.07, 6.45) is -2.38. The standard InChI is InChI=1S/C22H21ClN2O4S/c1-22(2,3)16-4-7-18(8-5-16)30(28,29)24-20-9-6-17(23)14-19(20)21(26)15-10-12-25(27)13-11-15/h4-14,24H,1-3H3/i1D3,2D3,3D3,4D,5D,7D,8D,10D,11D,12D,13D. The monoisotopic (exact) mass is 461 g/mol. The fourth-order valence-electron chi connectivity index (χ4n) is 2.13. The summed E-state index contributed by atoms with van der Waals surface area (Å²) in [5.41, 5.74) is -8.07. The SMILES string of the molecule is [2H]c1c([2H])c(S(=O)(=O)Nc2ccc(Cl)cc2C(=O)c2c([2H])c([2H])[n+]([O-])c([2H])c2[2H])c([2H])c([2H])c1C(C([2H])([2H])[2H])(C([2H])([2H])[2H])C([2H])([2H])[2H]. The second kappa shape index (κ2) is 8.08. The van der Waals surface area contributed by atoms with E-state index in [-0.39, 0.29) is 5.02 Å². The van der Waals surface area contributed by atoms with Crippen molar-refractivity contribution in [2.24, 2.45) is 0 Å². The first-order valence-electron chi connectivity index (χ1n) is 16.3. The molecule has 0 saturated heterocycles. The Hall–Kier alpha value is -2.90. The average Bonchev–Trinajstić information content (AvgIpc) is 2.90. The minimum atomic E-state index is -5.39. The van der Waals surface area contributed by atoms with E-state index in [1.165, 1.54) is 0 Å². The number of aromatic nitrogens is 1. The van der Waals surface area contributed by atoms with Crippen LogP contribution in [0.4, 0.5) is 5.69 Å². The predicted molar refractivity (Wildman–Crippen MR) is 116 cm³/mol. The normalized spacial score (nSPS) is 21.3. The van der Waals surface area contributed by atoms with Crippen LogP contribution in [0.2, 0.25) is 5.02 Å². The first-order chi connectivity index (χ1) is 21.1. The van der Waals surface area contributed by atoms with Gasteiger partial charge >= 0.3 is 0 Å². The molecule has 3 rings (SSSR count). The number of carbonyl (C=O) groups excluding carboxylic acids is 1. The number of benzene rings is 2. The maximum atomic E-state index is 13.6. The lowest BCUT2D eigenvalue weighted by molar-refractivity contribution is -0.605. The number of rotatable bonds is 5. The number of halogens is 1. The molecule has 1 heterocycles. The summed E-state index contributed by atoms with van der Waals surface area (Å²) >= 11 is 5.97. The number of hydrogen-bond acceptors (Lipinski definition) is 4. The van der Waals surface area contributed by atoms with E-state index >= 15 is 0 Å². The summed E-state index contributed by atoms with van der Waals surface area (Å²) in [7, 11) is -5.39.